The van der Waals surface area contributed by atoms with Crippen LogP contribution < -0.4 is 10.1 Å². The molecule has 202 valence electrons. The number of hydrogen-bond acceptors (Lipinski definition) is 5. The van der Waals surface area contributed by atoms with E-state index in [1.165, 1.54) is 43.0 Å². The van der Waals surface area contributed by atoms with Crippen molar-refractivity contribution < 1.29 is 23.8 Å². The molecule has 1 saturated carbocycles. The molecule has 1 amide bonds. The quantitative estimate of drug-likeness (QED) is 0.394. The fraction of sp³-hybridized carbons (Fsp3) is 0.484. The second-order valence-corrected chi connectivity index (χ2v) is 11.5. The third-order valence-electron chi connectivity index (χ3n) is 7.70. The minimum absolute atomic E-state index is 0.214. The third-order valence-corrected chi connectivity index (χ3v) is 7.70. The van der Waals surface area contributed by atoms with Crippen molar-refractivity contribution in [3.8, 4) is 17.0 Å². The van der Waals surface area contributed by atoms with E-state index >= 15 is 0 Å². The zero-order chi connectivity index (χ0) is 27.0. The van der Waals surface area contributed by atoms with E-state index in [2.05, 4.69) is 28.1 Å². The molecule has 3 aromatic rings. The minimum atomic E-state index is -0.592. The van der Waals surface area contributed by atoms with E-state index in [4.69, 9.17) is 14.2 Å². The van der Waals surface area contributed by atoms with Crippen LogP contribution in [-0.2, 0) is 22.4 Å². The number of benzene rings is 2. The maximum Gasteiger partial charge on any atom is 0.407 e. The van der Waals surface area contributed by atoms with Crippen LogP contribution in [0.5, 0.6) is 5.75 Å². The number of nitrogens with zero attached hydrogens (tertiary/aromatic N) is 1. The Morgan fingerprint density at radius 3 is 2.45 bits per heavy atom. The Kier molecular flexibility index (Phi) is 7.12. The van der Waals surface area contributed by atoms with Crippen LogP contribution in [-0.4, -0.2) is 42.5 Å². The fourth-order valence-corrected chi connectivity index (χ4v) is 6.12. The van der Waals surface area contributed by atoms with Gasteiger partial charge >= 0.3 is 12.1 Å². The van der Waals surface area contributed by atoms with Crippen LogP contribution in [0.1, 0.15) is 80.3 Å². The summed E-state index contributed by atoms with van der Waals surface area (Å²) in [5, 5.41) is 4.29. The predicted octanol–water partition coefficient (Wildman–Crippen LogP) is 6.60. The lowest BCUT2D eigenvalue weighted by molar-refractivity contribution is 0.0499. The average Bonchev–Trinajstić information content (AvgIpc) is 3.11. The minimum Gasteiger partial charge on any atom is -0.497 e. The number of nitrogens with one attached hydrogen (secondary N) is 1. The second kappa shape index (κ2) is 10.4. The highest BCUT2D eigenvalue weighted by atomic mass is 16.6. The molecule has 2 aromatic carbocycles. The van der Waals surface area contributed by atoms with Crippen LogP contribution >= 0.6 is 0 Å². The predicted molar refractivity (Wildman–Crippen MR) is 148 cm³/mol. The Hall–Kier alpha value is -3.48. The lowest BCUT2D eigenvalue weighted by atomic mass is 9.81. The molecule has 1 aromatic heterocycles. The Morgan fingerprint density at radius 2 is 1.76 bits per heavy atom. The van der Waals surface area contributed by atoms with Gasteiger partial charge in [0.15, 0.2) is 0 Å². The van der Waals surface area contributed by atoms with Gasteiger partial charge in [-0.05, 0) is 87.4 Å². The Bertz CT molecular complexity index is 1360. The number of carbonyl (C=O) groups excluding carboxylic acids is 2. The van der Waals surface area contributed by atoms with E-state index in [-0.39, 0.29) is 12.0 Å². The topological polar surface area (TPSA) is 78.8 Å². The summed E-state index contributed by atoms with van der Waals surface area (Å²) in [6, 6.07) is 11.9. The number of hydrogen-bond donors (Lipinski definition) is 1. The highest BCUT2D eigenvalue weighted by Gasteiger charge is 2.32. The molecule has 2 aliphatic rings. The van der Waals surface area contributed by atoms with Gasteiger partial charge in [-0.2, -0.15) is 0 Å². The van der Waals surface area contributed by atoms with Crippen LogP contribution in [0, 0.1) is 0 Å². The summed E-state index contributed by atoms with van der Waals surface area (Å²) in [5.41, 5.74) is 5.72. The van der Waals surface area contributed by atoms with E-state index in [1.807, 2.05) is 39.0 Å². The summed E-state index contributed by atoms with van der Waals surface area (Å²) in [6.07, 6.45) is 6.20. The Balaban J connectivity index is 1.72. The van der Waals surface area contributed by atoms with Crippen molar-refractivity contribution in [3.63, 3.8) is 0 Å². The van der Waals surface area contributed by atoms with Gasteiger partial charge in [0.2, 0.25) is 0 Å². The molecule has 5 rings (SSSR count). The molecule has 1 aliphatic heterocycles. The molecule has 0 spiro atoms. The van der Waals surface area contributed by atoms with Gasteiger partial charge in [-0.15, -0.1) is 0 Å². The molecule has 1 atom stereocenters. The van der Waals surface area contributed by atoms with Crippen molar-refractivity contribution in [1.29, 1.82) is 0 Å². The van der Waals surface area contributed by atoms with Crippen molar-refractivity contribution in [3.05, 3.63) is 53.1 Å². The molecule has 1 aliphatic carbocycles. The smallest absolute Gasteiger partial charge is 0.407 e. The van der Waals surface area contributed by atoms with Gasteiger partial charge in [-0.1, -0.05) is 25.3 Å². The Labute approximate surface area is 224 Å². The number of aromatic nitrogens is 1. The molecule has 2 heterocycles. The Morgan fingerprint density at radius 1 is 1.00 bits per heavy atom. The highest BCUT2D eigenvalue weighted by molar-refractivity contribution is 5.99. The number of amides is 1. The number of ether oxygens (including phenoxy) is 3. The zero-order valence-corrected chi connectivity index (χ0v) is 23.1. The number of rotatable bonds is 4. The van der Waals surface area contributed by atoms with Crippen molar-refractivity contribution in [2.75, 3.05) is 14.2 Å². The first-order valence-corrected chi connectivity index (χ1v) is 13.6. The number of fused-ring (bicyclic) bond motifs is 5. The van der Waals surface area contributed by atoms with Crippen LogP contribution in [0.4, 0.5) is 4.79 Å². The van der Waals surface area contributed by atoms with E-state index in [0.29, 0.717) is 24.4 Å². The molecule has 38 heavy (non-hydrogen) atoms. The van der Waals surface area contributed by atoms with Gasteiger partial charge < -0.3 is 24.1 Å². The van der Waals surface area contributed by atoms with Gasteiger partial charge in [-0.3, -0.25) is 0 Å². The molecule has 7 heteroatoms. The number of carbonyl (C=O) groups is 2. The van der Waals surface area contributed by atoms with Crippen molar-refractivity contribution in [2.45, 2.75) is 83.4 Å². The molecule has 1 N–H and O–H groups in total. The van der Waals surface area contributed by atoms with Crippen LogP contribution in [0.3, 0.4) is 0 Å². The summed E-state index contributed by atoms with van der Waals surface area (Å²) < 4.78 is 18.5. The maximum absolute atomic E-state index is 12.9. The molecule has 0 saturated heterocycles. The normalized spacial score (nSPS) is 17.8. The third kappa shape index (κ3) is 5.11. The van der Waals surface area contributed by atoms with Crippen molar-refractivity contribution in [2.24, 2.45) is 0 Å². The second-order valence-electron chi connectivity index (χ2n) is 11.5. The number of alkyl carbamates (subject to hydrolysis) is 1. The van der Waals surface area contributed by atoms with Crippen LogP contribution in [0.2, 0.25) is 0 Å². The van der Waals surface area contributed by atoms with E-state index in [1.54, 1.807) is 7.11 Å². The van der Waals surface area contributed by atoms with Gasteiger partial charge in [0.1, 0.15) is 11.4 Å². The average molecular weight is 519 g/mol. The zero-order valence-electron chi connectivity index (χ0n) is 23.1. The van der Waals surface area contributed by atoms with Gasteiger partial charge in [0.05, 0.1) is 31.5 Å². The lowest BCUT2D eigenvalue weighted by Gasteiger charge is -2.24. The van der Waals surface area contributed by atoms with Gasteiger partial charge in [0, 0.05) is 23.0 Å². The van der Waals surface area contributed by atoms with Gasteiger partial charge in [0.25, 0.3) is 0 Å². The molecule has 1 fully saturated rings. The maximum atomic E-state index is 12.9. The standard InChI is InChI=1S/C31H38N2O5/c1-31(2,3)38-30(35)32-22-15-21-16-23(36-4)12-14-24(21)28-27(19-9-7-6-8-10-19)25-13-11-20(29(34)37-5)17-26(25)33(28)18-22/h11-14,16-17,19,22H,6-10,15,18H2,1-5H3,(H,32,35). The number of esters is 1. The first-order valence-electron chi connectivity index (χ1n) is 13.6. The number of methoxy groups -OCH3 is 2. The molecule has 1 unspecified atom stereocenters. The summed E-state index contributed by atoms with van der Waals surface area (Å²) in [6.45, 7) is 6.14. The monoisotopic (exact) mass is 518 g/mol. The summed E-state index contributed by atoms with van der Waals surface area (Å²) in [4.78, 5) is 25.4. The molecule has 0 radical (unpaired) electrons. The van der Waals surface area contributed by atoms with E-state index < -0.39 is 11.7 Å². The fourth-order valence-electron chi connectivity index (χ4n) is 6.12. The summed E-state index contributed by atoms with van der Waals surface area (Å²) in [7, 11) is 3.08. The van der Waals surface area contributed by atoms with Crippen LogP contribution in [0.25, 0.3) is 22.2 Å². The molecule has 0 bridgehead atoms. The van der Waals surface area contributed by atoms with Crippen LogP contribution in [0.15, 0.2) is 36.4 Å². The largest absolute Gasteiger partial charge is 0.497 e. The van der Waals surface area contributed by atoms with E-state index in [0.717, 1.165) is 35.2 Å². The van der Waals surface area contributed by atoms with Crippen molar-refractivity contribution >= 4 is 23.0 Å². The summed E-state index contributed by atoms with van der Waals surface area (Å²) >= 11 is 0. The SMILES string of the molecule is COC(=O)c1ccc2c(C3CCCCC3)c3n(c2c1)CC(NC(=O)OC(C)(C)C)Cc1cc(OC)ccc1-3. The van der Waals surface area contributed by atoms with Crippen molar-refractivity contribution in [1.82, 2.24) is 9.88 Å². The summed E-state index contributed by atoms with van der Waals surface area (Å²) in [5.74, 6) is 0.872. The molecular weight excluding hydrogens is 480 g/mol. The van der Waals surface area contributed by atoms with Gasteiger partial charge in [-0.25, -0.2) is 9.59 Å². The molecular formula is C31H38N2O5. The first kappa shape index (κ1) is 26.1. The molecule has 7 nitrogen and oxygen atoms in total. The lowest BCUT2D eigenvalue weighted by Crippen LogP contribution is -2.42. The first-order chi connectivity index (χ1) is 18.2. The van der Waals surface area contributed by atoms with E-state index in [9.17, 15) is 9.59 Å². The highest BCUT2D eigenvalue weighted by Crippen LogP contribution is 2.46.